The third-order valence-electron chi connectivity index (χ3n) is 5.02. The van der Waals surface area contributed by atoms with E-state index in [1.807, 2.05) is 48.5 Å². The van der Waals surface area contributed by atoms with Crippen LogP contribution in [0.5, 0.6) is 0 Å². The molecule has 32 heavy (non-hydrogen) atoms. The van der Waals surface area contributed by atoms with Gasteiger partial charge in [-0.3, -0.25) is 14.2 Å². The number of rotatable bonds is 4. The number of aromatic nitrogens is 1. The Morgan fingerprint density at radius 1 is 0.938 bits per heavy atom. The van der Waals surface area contributed by atoms with E-state index < -0.39 is 5.91 Å². The molecule has 0 atom stereocenters. The van der Waals surface area contributed by atoms with Crippen molar-refractivity contribution in [3.05, 3.63) is 116 Å². The maximum absolute atomic E-state index is 13.4. The molecule has 6 heteroatoms. The standard InChI is InChI=1S/C26H21ClN2O2S/c1-17(2)19-12-7-9-15-22(19)29-24(30)16-23(20-13-6-8-14-21(20)27)32-26(29)28-25(31)18-10-4-3-5-11-18/h3-17H,1-2H3. The van der Waals surface area contributed by atoms with Crippen molar-refractivity contribution in [2.24, 2.45) is 4.99 Å². The zero-order chi connectivity index (χ0) is 22.7. The number of benzene rings is 3. The molecule has 160 valence electrons. The molecule has 0 aliphatic carbocycles. The molecule has 4 nitrogen and oxygen atoms in total. The monoisotopic (exact) mass is 460 g/mol. The van der Waals surface area contributed by atoms with Crippen molar-refractivity contribution in [1.82, 2.24) is 4.57 Å². The molecule has 0 aliphatic rings. The van der Waals surface area contributed by atoms with Crippen LogP contribution < -0.4 is 10.4 Å². The van der Waals surface area contributed by atoms with Crippen molar-refractivity contribution in [3.63, 3.8) is 0 Å². The second kappa shape index (κ2) is 9.47. The molecule has 0 saturated heterocycles. The van der Waals surface area contributed by atoms with Crippen LogP contribution in [0.25, 0.3) is 16.1 Å². The molecule has 0 N–H and O–H groups in total. The number of amides is 1. The SMILES string of the molecule is CC(C)c1ccccc1-n1c(=O)cc(-c2ccccc2Cl)sc1=NC(=O)c1ccccc1. The van der Waals surface area contributed by atoms with Crippen molar-refractivity contribution >= 4 is 28.8 Å². The number of carbonyl (C=O) groups excluding carboxylic acids is 1. The van der Waals surface area contributed by atoms with Gasteiger partial charge in [0.2, 0.25) is 4.80 Å². The fraction of sp³-hybridized carbons (Fsp3) is 0.115. The number of para-hydroxylation sites is 1. The van der Waals surface area contributed by atoms with E-state index in [-0.39, 0.29) is 11.5 Å². The minimum atomic E-state index is -0.409. The van der Waals surface area contributed by atoms with E-state index >= 15 is 0 Å². The highest BCUT2D eigenvalue weighted by atomic mass is 35.5. The van der Waals surface area contributed by atoms with Gasteiger partial charge >= 0.3 is 0 Å². The predicted molar refractivity (Wildman–Crippen MR) is 131 cm³/mol. The Hall–Kier alpha value is -3.28. The van der Waals surface area contributed by atoms with E-state index in [2.05, 4.69) is 18.8 Å². The first-order valence-electron chi connectivity index (χ1n) is 10.2. The third-order valence-corrected chi connectivity index (χ3v) is 6.37. The van der Waals surface area contributed by atoms with Gasteiger partial charge in [-0.2, -0.15) is 4.99 Å². The Kier molecular flexibility index (Phi) is 6.49. The maximum Gasteiger partial charge on any atom is 0.279 e. The summed E-state index contributed by atoms with van der Waals surface area (Å²) in [5, 5.41) is 0.531. The fourth-order valence-electron chi connectivity index (χ4n) is 3.44. The molecule has 3 aromatic carbocycles. The number of halogens is 1. The summed E-state index contributed by atoms with van der Waals surface area (Å²) in [6.45, 7) is 4.13. The van der Waals surface area contributed by atoms with Crippen molar-refractivity contribution in [3.8, 4) is 16.1 Å². The summed E-state index contributed by atoms with van der Waals surface area (Å²) in [4.78, 5) is 31.7. The second-order valence-corrected chi connectivity index (χ2v) is 8.96. The molecule has 0 unspecified atom stereocenters. The van der Waals surface area contributed by atoms with E-state index in [4.69, 9.17) is 11.6 Å². The molecule has 0 saturated carbocycles. The quantitative estimate of drug-likeness (QED) is 0.370. The highest BCUT2D eigenvalue weighted by Gasteiger charge is 2.15. The number of hydrogen-bond donors (Lipinski definition) is 0. The molecule has 0 fully saturated rings. The summed E-state index contributed by atoms with van der Waals surface area (Å²) < 4.78 is 1.52. The van der Waals surface area contributed by atoms with E-state index in [1.165, 1.54) is 15.9 Å². The Labute approximate surface area is 195 Å². The van der Waals surface area contributed by atoms with E-state index in [1.54, 1.807) is 36.4 Å². The van der Waals surface area contributed by atoms with Crippen LogP contribution in [-0.4, -0.2) is 10.5 Å². The van der Waals surface area contributed by atoms with Crippen LogP contribution in [-0.2, 0) is 0 Å². The molecule has 4 rings (SSSR count). The summed E-state index contributed by atoms with van der Waals surface area (Å²) in [7, 11) is 0. The van der Waals surface area contributed by atoms with Crippen molar-refractivity contribution in [2.45, 2.75) is 19.8 Å². The van der Waals surface area contributed by atoms with Crippen LogP contribution in [0, 0.1) is 0 Å². The number of carbonyl (C=O) groups is 1. The fourth-order valence-corrected chi connectivity index (χ4v) is 4.79. The van der Waals surface area contributed by atoms with E-state index in [0.717, 1.165) is 11.1 Å². The average Bonchev–Trinajstić information content (AvgIpc) is 2.79. The molecular formula is C26H21ClN2O2S. The second-order valence-electron chi connectivity index (χ2n) is 7.54. The van der Waals surface area contributed by atoms with E-state index in [0.29, 0.717) is 26.0 Å². The average molecular weight is 461 g/mol. The summed E-state index contributed by atoms with van der Waals surface area (Å²) in [6, 6.07) is 25.4. The first-order chi connectivity index (χ1) is 15.5. The molecular weight excluding hydrogens is 440 g/mol. The largest absolute Gasteiger partial charge is 0.279 e. The van der Waals surface area contributed by atoms with Gasteiger partial charge in [0.05, 0.1) is 5.69 Å². The molecule has 0 aliphatic heterocycles. The third kappa shape index (κ3) is 4.49. The molecule has 1 amide bonds. The molecule has 4 aromatic rings. The van der Waals surface area contributed by atoms with Crippen LogP contribution in [0.3, 0.4) is 0 Å². The summed E-state index contributed by atoms with van der Waals surface area (Å²) in [6.07, 6.45) is 0. The molecule has 0 bridgehead atoms. The molecule has 1 heterocycles. The highest BCUT2D eigenvalue weighted by molar-refractivity contribution is 7.12. The lowest BCUT2D eigenvalue weighted by Gasteiger charge is -2.15. The zero-order valence-corrected chi connectivity index (χ0v) is 19.2. The number of hydrogen-bond acceptors (Lipinski definition) is 3. The van der Waals surface area contributed by atoms with Gasteiger partial charge in [0.1, 0.15) is 0 Å². The summed E-state index contributed by atoms with van der Waals surface area (Å²) >= 11 is 7.65. The van der Waals surface area contributed by atoms with Gasteiger partial charge in [-0.1, -0.05) is 91.4 Å². The Morgan fingerprint density at radius 2 is 1.59 bits per heavy atom. The Morgan fingerprint density at radius 3 is 2.31 bits per heavy atom. The maximum atomic E-state index is 13.4. The van der Waals surface area contributed by atoms with Crippen LogP contribution in [0.15, 0.2) is 94.7 Å². The van der Waals surface area contributed by atoms with Gasteiger partial charge in [-0.25, -0.2) is 0 Å². The molecule has 1 aromatic heterocycles. The van der Waals surface area contributed by atoms with Crippen molar-refractivity contribution in [1.29, 1.82) is 0 Å². The first-order valence-corrected chi connectivity index (χ1v) is 11.4. The minimum Gasteiger partial charge on any atom is -0.269 e. The van der Waals surface area contributed by atoms with Crippen molar-refractivity contribution in [2.75, 3.05) is 0 Å². The number of nitrogens with zero attached hydrogens (tertiary/aromatic N) is 2. The summed E-state index contributed by atoms with van der Waals surface area (Å²) in [5.41, 5.74) is 2.62. The minimum absolute atomic E-state index is 0.184. The lowest BCUT2D eigenvalue weighted by molar-refractivity contribution is 0.0998. The van der Waals surface area contributed by atoms with Crippen LogP contribution in [0.4, 0.5) is 0 Å². The Balaban J connectivity index is 2.02. The van der Waals surface area contributed by atoms with E-state index in [9.17, 15) is 9.59 Å². The van der Waals surface area contributed by atoms with Crippen molar-refractivity contribution < 1.29 is 4.79 Å². The van der Waals surface area contributed by atoms with Gasteiger partial charge in [-0.15, -0.1) is 0 Å². The normalized spacial score (nSPS) is 11.7. The first kappa shape index (κ1) is 21.9. The van der Waals surface area contributed by atoms with Gasteiger partial charge in [0, 0.05) is 27.1 Å². The van der Waals surface area contributed by atoms with Crippen LogP contribution in [0.2, 0.25) is 5.02 Å². The molecule has 0 radical (unpaired) electrons. The predicted octanol–water partition coefficient (Wildman–Crippen LogP) is 6.08. The van der Waals surface area contributed by atoms with Gasteiger partial charge < -0.3 is 0 Å². The van der Waals surface area contributed by atoms with Gasteiger partial charge in [0.15, 0.2) is 0 Å². The highest BCUT2D eigenvalue weighted by Crippen LogP contribution is 2.29. The Bertz CT molecular complexity index is 1410. The summed E-state index contributed by atoms with van der Waals surface area (Å²) in [5.74, 6) is -0.225. The molecule has 0 spiro atoms. The van der Waals surface area contributed by atoms with Gasteiger partial charge in [-0.05, 0) is 35.7 Å². The van der Waals surface area contributed by atoms with Gasteiger partial charge in [0.25, 0.3) is 11.5 Å². The van der Waals surface area contributed by atoms with Crippen LogP contribution in [0.1, 0.15) is 35.7 Å². The van der Waals surface area contributed by atoms with Crippen LogP contribution >= 0.6 is 22.9 Å². The smallest absolute Gasteiger partial charge is 0.269 e. The topological polar surface area (TPSA) is 51.4 Å². The lowest BCUT2D eigenvalue weighted by atomic mass is 10.0. The zero-order valence-electron chi connectivity index (χ0n) is 17.7. The lowest BCUT2D eigenvalue weighted by Crippen LogP contribution is -2.31.